The fourth-order valence-corrected chi connectivity index (χ4v) is 3.79. The molecule has 0 heterocycles. The standard InChI is InChI=1S/3C3H5.2C2H5O.Al.4ClH.Mg.Ti/c3*1-3-2;2*1-2-3;;;;;;;/h3*1H2,2H3;2*2H2,1H3;;4*1H;;/q;;;2*-1;;;;;;+2;+4/p-4. The molecule has 126 valence electrons. The Morgan fingerprint density at radius 2 is 0.818 bits per heavy atom. The zero-order valence-corrected chi connectivity index (χ0v) is 21.3. The first kappa shape index (κ1) is 56.4. The number of allylic oxidation sites excluding steroid dienone is 3. The number of hydrogen-bond acceptors (Lipinski definition) is 2. The molecule has 0 aliphatic carbocycles. The van der Waals surface area contributed by atoms with Crippen molar-refractivity contribution in [2.75, 3.05) is 13.2 Å². The molecule has 0 bridgehead atoms. The van der Waals surface area contributed by atoms with Crippen molar-refractivity contribution in [2.45, 2.75) is 34.6 Å². The molecule has 9 heteroatoms. The summed E-state index contributed by atoms with van der Waals surface area (Å²) in [7, 11) is 0. The minimum atomic E-state index is -1.04. The van der Waals surface area contributed by atoms with Gasteiger partial charge in [-0.15, -0.1) is 46.3 Å². The quantitative estimate of drug-likeness (QED) is 0.398. The van der Waals surface area contributed by atoms with Crippen molar-refractivity contribution in [3.63, 3.8) is 0 Å². The Labute approximate surface area is 197 Å². The zero-order valence-electron chi connectivity index (χ0n) is 14.1. The van der Waals surface area contributed by atoms with Gasteiger partial charge in [-0.1, -0.05) is 34.6 Å². The van der Waals surface area contributed by atoms with Gasteiger partial charge in [-0.25, -0.2) is 0 Å². The van der Waals surface area contributed by atoms with Gasteiger partial charge in [-0.3, -0.25) is 0 Å². The van der Waals surface area contributed by atoms with Gasteiger partial charge in [0.25, 0.3) is 0 Å². The van der Waals surface area contributed by atoms with E-state index >= 15 is 0 Å². The Kier molecular flexibility index (Phi) is 112. The molecule has 0 aromatic rings. The van der Waals surface area contributed by atoms with Crippen molar-refractivity contribution in [3.05, 3.63) is 33.0 Å². The van der Waals surface area contributed by atoms with Gasteiger partial charge >= 0.3 is 58.9 Å². The van der Waals surface area contributed by atoms with Gasteiger partial charge in [0.15, 0.2) is 0 Å². The maximum absolute atomic E-state index is 8.93. The molecule has 0 fully saturated rings. The summed E-state index contributed by atoms with van der Waals surface area (Å²) in [5, 5.41) is 17.9. The molecular weight excluding hydrogens is 429 g/mol. The summed E-state index contributed by atoms with van der Waals surface area (Å²) < 4.78 is 3.79. The molecule has 0 N–H and O–H groups in total. The molecule has 0 aliphatic heterocycles. The first-order chi connectivity index (χ1) is 7.29. The van der Waals surface area contributed by atoms with Gasteiger partial charge in [0.05, 0.1) is 0 Å². The van der Waals surface area contributed by atoms with Crippen molar-refractivity contribution in [2.24, 2.45) is 0 Å². The van der Waals surface area contributed by atoms with E-state index in [0.717, 1.165) is 0 Å². The molecule has 0 amide bonds. The molecule has 22 heavy (non-hydrogen) atoms. The Morgan fingerprint density at radius 3 is 0.818 bits per heavy atom. The number of halogens is 4. The van der Waals surface area contributed by atoms with Gasteiger partial charge in [-0.05, 0) is 0 Å². The van der Waals surface area contributed by atoms with Crippen LogP contribution in [0.2, 0.25) is 0 Å². The van der Waals surface area contributed by atoms with Crippen molar-refractivity contribution in [1.82, 2.24) is 0 Å². The maximum atomic E-state index is 8.93. The minimum Gasteiger partial charge on any atom is -1.00 e. The molecule has 2 nitrogen and oxygen atoms in total. The van der Waals surface area contributed by atoms with Crippen LogP contribution < -0.4 is 59.8 Å². The van der Waals surface area contributed by atoms with Gasteiger partial charge in [0, 0.05) is 0 Å². The van der Waals surface area contributed by atoms with Gasteiger partial charge < -0.3 is 59.8 Å². The van der Waals surface area contributed by atoms with Crippen LogP contribution in [0.15, 0.2) is 33.0 Å². The second kappa shape index (κ2) is 43.6. The third kappa shape index (κ3) is 49.5. The van der Waals surface area contributed by atoms with E-state index < -0.39 is 14.1 Å². The topological polar surface area (TPSA) is 46.1 Å². The maximum Gasteiger partial charge on any atom is 4.00 e. The van der Waals surface area contributed by atoms with E-state index in [2.05, 4.69) is 40.5 Å². The minimum absolute atomic E-state index is 0. The van der Waals surface area contributed by atoms with Gasteiger partial charge in [-0.2, -0.15) is 0 Å². The molecular formula is C13H25AlCl4MgO2Ti. The summed E-state index contributed by atoms with van der Waals surface area (Å²) in [5.41, 5.74) is 0. The predicted molar refractivity (Wildman–Crippen MR) is 77.0 cm³/mol. The Hall–Kier alpha value is 2.31. The zero-order chi connectivity index (χ0) is 13.7. The van der Waals surface area contributed by atoms with Crippen LogP contribution in [-0.2, 0) is 21.7 Å². The summed E-state index contributed by atoms with van der Waals surface area (Å²) in [5.74, 6) is 0. The first-order valence-electron chi connectivity index (χ1n) is 5.42. The second-order valence-corrected chi connectivity index (χ2v) is 7.37. The van der Waals surface area contributed by atoms with Crippen molar-refractivity contribution >= 4 is 37.2 Å². The van der Waals surface area contributed by atoms with E-state index in [9.17, 15) is 0 Å². The van der Waals surface area contributed by atoms with Gasteiger partial charge in [0.1, 0.15) is 0 Å². The largest absolute Gasteiger partial charge is 4.00 e. The van der Waals surface area contributed by atoms with E-state index in [1.165, 1.54) is 13.3 Å². The fraction of sp³-hybridized carbons (Fsp3) is 0.538. The van der Waals surface area contributed by atoms with Crippen LogP contribution in [0.5, 0.6) is 0 Å². The van der Waals surface area contributed by atoms with E-state index in [0.29, 0.717) is 0 Å². The van der Waals surface area contributed by atoms with Crippen LogP contribution in [0, 0.1) is 0 Å². The molecule has 0 atom stereocenters. The fourth-order valence-electron chi connectivity index (χ4n) is 1.26. The van der Waals surface area contributed by atoms with E-state index in [1.807, 2.05) is 0 Å². The first-order valence-corrected chi connectivity index (χ1v) is 7.15. The molecule has 0 radical (unpaired) electrons. The van der Waals surface area contributed by atoms with Crippen LogP contribution >= 0.6 is 0 Å². The van der Waals surface area contributed by atoms with Crippen LogP contribution in [0.1, 0.15) is 34.6 Å². The molecule has 0 unspecified atom stereocenters. The summed E-state index contributed by atoms with van der Waals surface area (Å²) in [6, 6.07) is 0. The molecule has 0 saturated carbocycles. The second-order valence-electron chi connectivity index (χ2n) is 3.55. The molecule has 0 spiro atoms. The third-order valence-corrected chi connectivity index (χ3v) is 4.44. The SMILES string of the molecule is C=[C](C)[Al]([C](=C)C)[C](=C)C.CC[O-].CC[O-].[Cl-].[Cl-].[Cl-].[Cl-].[Mg+2].[Ti+4]. The summed E-state index contributed by atoms with van der Waals surface area (Å²) in [6.45, 7) is 21.2. The monoisotopic (exact) mass is 452 g/mol. The van der Waals surface area contributed by atoms with E-state index in [4.69, 9.17) is 10.2 Å². The predicted octanol–water partition coefficient (Wildman–Crippen LogP) is -10.8. The van der Waals surface area contributed by atoms with Gasteiger partial charge in [0.2, 0.25) is 0 Å². The van der Waals surface area contributed by atoms with E-state index in [1.54, 1.807) is 13.8 Å². The average Bonchev–Trinajstić information content (AvgIpc) is 2.03. The molecule has 0 aromatic heterocycles. The number of rotatable bonds is 3. The van der Waals surface area contributed by atoms with Crippen molar-refractivity contribution in [3.8, 4) is 0 Å². The average molecular weight is 454 g/mol. The third-order valence-electron chi connectivity index (χ3n) is 1.48. The molecule has 0 rings (SSSR count). The normalized spacial score (nSPS) is 5.59. The van der Waals surface area contributed by atoms with Crippen molar-refractivity contribution in [1.29, 1.82) is 0 Å². The summed E-state index contributed by atoms with van der Waals surface area (Å²) >= 11 is -1.04. The van der Waals surface area contributed by atoms with Crippen LogP contribution in [0.3, 0.4) is 0 Å². The van der Waals surface area contributed by atoms with Crippen molar-refractivity contribution < 1.29 is 81.6 Å². The summed E-state index contributed by atoms with van der Waals surface area (Å²) in [6.07, 6.45) is 0. The van der Waals surface area contributed by atoms with E-state index in [-0.39, 0.29) is 108 Å². The molecule has 0 saturated heterocycles. The van der Waals surface area contributed by atoms with Crippen LogP contribution in [0.25, 0.3) is 0 Å². The van der Waals surface area contributed by atoms with Crippen LogP contribution in [0.4, 0.5) is 0 Å². The van der Waals surface area contributed by atoms with Crippen LogP contribution in [-0.4, -0.2) is 50.4 Å². The molecule has 0 aliphatic rings. The summed E-state index contributed by atoms with van der Waals surface area (Å²) in [4.78, 5) is 0. The Morgan fingerprint density at radius 1 is 0.727 bits per heavy atom. The molecule has 0 aromatic carbocycles. The smallest absolute Gasteiger partial charge is 1.00 e. The Bertz CT molecular complexity index is 201. The number of hydrogen-bond donors (Lipinski definition) is 0. The Balaban J connectivity index is -0.0000000178.